The van der Waals surface area contributed by atoms with E-state index in [1.807, 2.05) is 19.1 Å². The third-order valence-corrected chi connectivity index (χ3v) is 4.48. The molecule has 156 valence electrons. The van der Waals surface area contributed by atoms with Crippen molar-refractivity contribution in [1.82, 2.24) is 0 Å². The number of nitrogens with one attached hydrogen (secondary N) is 1. The number of ether oxygens (including phenoxy) is 2. The molecule has 0 saturated carbocycles. The number of methoxy groups -OCH3 is 1. The Hall–Kier alpha value is -4.11. The van der Waals surface area contributed by atoms with E-state index in [9.17, 15) is 14.4 Å². The lowest BCUT2D eigenvalue weighted by Crippen LogP contribution is -2.14. The second-order valence-electron chi connectivity index (χ2n) is 6.81. The molecule has 5 nitrogen and oxygen atoms in total. The molecule has 0 aliphatic heterocycles. The zero-order valence-corrected chi connectivity index (χ0v) is 17.2. The Labute approximate surface area is 180 Å². The third kappa shape index (κ3) is 5.94. The van der Waals surface area contributed by atoms with Gasteiger partial charge in [-0.05, 0) is 66.1 Å². The van der Waals surface area contributed by atoms with Gasteiger partial charge in [-0.1, -0.05) is 30.3 Å². The number of carbonyl (C=O) groups excluding carboxylic acids is 1. The molecule has 0 radical (unpaired) electrons. The fourth-order valence-electron chi connectivity index (χ4n) is 2.83. The largest absolute Gasteiger partial charge is 0.495 e. The minimum Gasteiger partial charge on any atom is -0.495 e. The monoisotopic (exact) mass is 416 g/mol. The number of rotatable bonds is 7. The Morgan fingerprint density at radius 2 is 1.81 bits per heavy atom. The van der Waals surface area contributed by atoms with Crippen LogP contribution in [0.25, 0.3) is 6.08 Å². The van der Waals surface area contributed by atoms with Crippen molar-refractivity contribution in [2.45, 2.75) is 13.5 Å². The molecule has 3 aromatic carbocycles. The Balaban J connectivity index is 1.67. The summed E-state index contributed by atoms with van der Waals surface area (Å²) in [6, 6.07) is 20.4. The highest BCUT2D eigenvalue weighted by Gasteiger charge is 2.13. The molecule has 0 bridgehead atoms. The Bertz CT molecular complexity index is 1130. The number of hydrogen-bond acceptors (Lipinski definition) is 4. The standard InChI is InChI=1S/C25H21FN2O3/c1-17-3-12-24(30-2)23(13-17)28-25(29)20(15-27)14-18-6-10-22(11-7-18)31-16-19-4-8-21(26)9-5-19/h3-14H,16H2,1-2H3,(H,28,29)/b20-14+. The molecule has 3 aromatic rings. The van der Waals surface area contributed by atoms with Crippen LogP contribution < -0.4 is 14.8 Å². The lowest BCUT2D eigenvalue weighted by molar-refractivity contribution is -0.112. The molecule has 0 fully saturated rings. The number of nitriles is 1. The van der Waals surface area contributed by atoms with E-state index in [0.29, 0.717) is 29.4 Å². The molecular weight excluding hydrogens is 395 g/mol. The van der Waals surface area contributed by atoms with Gasteiger partial charge in [-0.3, -0.25) is 4.79 Å². The number of nitrogens with zero attached hydrogens (tertiary/aromatic N) is 1. The first kappa shape index (κ1) is 21.6. The Morgan fingerprint density at radius 3 is 2.45 bits per heavy atom. The van der Waals surface area contributed by atoms with Crippen LogP contribution >= 0.6 is 0 Å². The molecule has 6 heteroatoms. The number of carbonyl (C=O) groups is 1. The average molecular weight is 416 g/mol. The zero-order valence-electron chi connectivity index (χ0n) is 17.2. The number of benzene rings is 3. The molecule has 0 unspecified atom stereocenters. The average Bonchev–Trinajstić information content (AvgIpc) is 2.78. The van der Waals surface area contributed by atoms with E-state index >= 15 is 0 Å². The van der Waals surface area contributed by atoms with Crippen molar-refractivity contribution in [3.8, 4) is 17.6 Å². The quantitative estimate of drug-likeness (QED) is 0.421. The van der Waals surface area contributed by atoms with Crippen molar-refractivity contribution in [1.29, 1.82) is 5.26 Å². The van der Waals surface area contributed by atoms with E-state index in [2.05, 4.69) is 5.32 Å². The molecule has 0 aliphatic rings. The van der Waals surface area contributed by atoms with Crippen LogP contribution in [0.3, 0.4) is 0 Å². The van der Waals surface area contributed by atoms with E-state index in [1.165, 1.54) is 25.3 Å². The van der Waals surface area contributed by atoms with Gasteiger partial charge in [-0.2, -0.15) is 5.26 Å². The molecule has 0 saturated heterocycles. The summed E-state index contributed by atoms with van der Waals surface area (Å²) in [5.41, 5.74) is 2.94. The van der Waals surface area contributed by atoms with Crippen molar-refractivity contribution >= 4 is 17.7 Å². The summed E-state index contributed by atoms with van der Waals surface area (Å²) >= 11 is 0. The summed E-state index contributed by atoms with van der Waals surface area (Å²) in [6.45, 7) is 2.20. The summed E-state index contributed by atoms with van der Waals surface area (Å²) in [4.78, 5) is 12.6. The van der Waals surface area contributed by atoms with Crippen LogP contribution in [0.15, 0.2) is 72.3 Å². The molecule has 0 heterocycles. The highest BCUT2D eigenvalue weighted by atomic mass is 19.1. The summed E-state index contributed by atoms with van der Waals surface area (Å²) < 4.78 is 23.9. The molecule has 31 heavy (non-hydrogen) atoms. The van der Waals surface area contributed by atoms with Crippen molar-refractivity contribution < 1.29 is 18.7 Å². The van der Waals surface area contributed by atoms with Crippen LogP contribution in [0, 0.1) is 24.1 Å². The van der Waals surface area contributed by atoms with Gasteiger partial charge in [0.2, 0.25) is 0 Å². The molecule has 1 N–H and O–H groups in total. The van der Waals surface area contributed by atoms with Gasteiger partial charge in [0.1, 0.15) is 35.6 Å². The lowest BCUT2D eigenvalue weighted by Gasteiger charge is -2.10. The molecule has 0 aromatic heterocycles. The maximum Gasteiger partial charge on any atom is 0.266 e. The predicted molar refractivity (Wildman–Crippen MR) is 117 cm³/mol. The van der Waals surface area contributed by atoms with Gasteiger partial charge in [0.25, 0.3) is 5.91 Å². The molecule has 0 aliphatic carbocycles. The molecule has 1 amide bonds. The van der Waals surface area contributed by atoms with Crippen molar-refractivity contribution in [2.24, 2.45) is 0 Å². The van der Waals surface area contributed by atoms with Crippen LogP contribution in [0.2, 0.25) is 0 Å². The minimum absolute atomic E-state index is 0.0384. The minimum atomic E-state index is -0.525. The second kappa shape index (κ2) is 10.1. The fourth-order valence-corrected chi connectivity index (χ4v) is 2.83. The van der Waals surface area contributed by atoms with E-state index in [4.69, 9.17) is 9.47 Å². The second-order valence-corrected chi connectivity index (χ2v) is 6.81. The highest BCUT2D eigenvalue weighted by Crippen LogP contribution is 2.26. The first-order valence-corrected chi connectivity index (χ1v) is 9.53. The fraction of sp³-hybridized carbons (Fsp3) is 0.120. The number of halogens is 1. The first-order valence-electron chi connectivity index (χ1n) is 9.53. The maximum atomic E-state index is 13.0. The third-order valence-electron chi connectivity index (χ3n) is 4.48. The number of amides is 1. The van der Waals surface area contributed by atoms with E-state index in [-0.39, 0.29) is 11.4 Å². The predicted octanol–water partition coefficient (Wildman–Crippen LogP) is 5.27. The van der Waals surface area contributed by atoms with Gasteiger partial charge >= 0.3 is 0 Å². The lowest BCUT2D eigenvalue weighted by atomic mass is 10.1. The molecule has 0 atom stereocenters. The smallest absolute Gasteiger partial charge is 0.266 e. The normalized spacial score (nSPS) is 10.8. The van der Waals surface area contributed by atoms with E-state index in [1.54, 1.807) is 48.5 Å². The van der Waals surface area contributed by atoms with E-state index in [0.717, 1.165) is 11.1 Å². The van der Waals surface area contributed by atoms with Crippen LogP contribution in [-0.4, -0.2) is 13.0 Å². The van der Waals surface area contributed by atoms with Crippen molar-refractivity contribution in [3.63, 3.8) is 0 Å². The van der Waals surface area contributed by atoms with Gasteiger partial charge in [-0.25, -0.2) is 4.39 Å². The summed E-state index contributed by atoms with van der Waals surface area (Å²) in [5, 5.41) is 12.2. The number of hydrogen-bond donors (Lipinski definition) is 1. The highest BCUT2D eigenvalue weighted by molar-refractivity contribution is 6.10. The van der Waals surface area contributed by atoms with Crippen molar-refractivity contribution in [2.75, 3.05) is 12.4 Å². The molecule has 3 rings (SSSR count). The summed E-state index contributed by atoms with van der Waals surface area (Å²) in [6.07, 6.45) is 1.50. The van der Waals surface area contributed by atoms with Gasteiger partial charge in [0.05, 0.1) is 12.8 Å². The SMILES string of the molecule is COc1ccc(C)cc1NC(=O)/C(C#N)=C/c1ccc(OCc2ccc(F)cc2)cc1. The van der Waals surface area contributed by atoms with Crippen LogP contribution in [-0.2, 0) is 11.4 Å². The van der Waals surface area contributed by atoms with Crippen LogP contribution in [0.1, 0.15) is 16.7 Å². The Morgan fingerprint density at radius 1 is 1.10 bits per heavy atom. The Kier molecular flexibility index (Phi) is 7.02. The number of aryl methyl sites for hydroxylation is 1. The molecular formula is C25H21FN2O3. The topological polar surface area (TPSA) is 71.3 Å². The van der Waals surface area contributed by atoms with Crippen molar-refractivity contribution in [3.05, 3.63) is 94.8 Å². The van der Waals surface area contributed by atoms with Gasteiger partial charge in [-0.15, -0.1) is 0 Å². The number of anilines is 1. The van der Waals surface area contributed by atoms with Crippen LogP contribution in [0.4, 0.5) is 10.1 Å². The zero-order chi connectivity index (χ0) is 22.2. The van der Waals surface area contributed by atoms with Gasteiger partial charge in [0.15, 0.2) is 0 Å². The summed E-state index contributed by atoms with van der Waals surface area (Å²) in [5.74, 6) is 0.314. The summed E-state index contributed by atoms with van der Waals surface area (Å²) in [7, 11) is 1.51. The van der Waals surface area contributed by atoms with Gasteiger partial charge < -0.3 is 14.8 Å². The maximum absolute atomic E-state index is 13.0. The van der Waals surface area contributed by atoms with Gasteiger partial charge in [0, 0.05) is 0 Å². The van der Waals surface area contributed by atoms with Crippen LogP contribution in [0.5, 0.6) is 11.5 Å². The first-order chi connectivity index (χ1) is 15.0. The van der Waals surface area contributed by atoms with E-state index < -0.39 is 5.91 Å². The molecule has 0 spiro atoms.